The van der Waals surface area contributed by atoms with Crippen molar-refractivity contribution in [3.8, 4) is 0 Å². The van der Waals surface area contributed by atoms with Gasteiger partial charge in [0.05, 0.1) is 5.92 Å². The summed E-state index contributed by atoms with van der Waals surface area (Å²) in [6, 6.07) is 17.5. The molecule has 1 unspecified atom stereocenters. The molecule has 0 amide bonds. The zero-order valence-corrected chi connectivity index (χ0v) is 13.9. The Labute approximate surface area is 140 Å². The van der Waals surface area contributed by atoms with Gasteiger partial charge in [-0.25, -0.2) is 0 Å². The topological polar surface area (TPSA) is 74.6 Å². The van der Waals surface area contributed by atoms with Crippen molar-refractivity contribution in [2.24, 2.45) is 0 Å². The van der Waals surface area contributed by atoms with E-state index in [4.69, 9.17) is 4.55 Å². The maximum absolute atomic E-state index is 11.2. The van der Waals surface area contributed by atoms with Gasteiger partial charge in [-0.3, -0.25) is 4.55 Å². The molecule has 0 radical (unpaired) electrons. The van der Waals surface area contributed by atoms with Crippen molar-refractivity contribution in [2.75, 3.05) is 0 Å². The molecule has 4 nitrogen and oxygen atoms in total. The van der Waals surface area contributed by atoms with Gasteiger partial charge in [0.25, 0.3) is 10.1 Å². The van der Waals surface area contributed by atoms with Crippen LogP contribution in [0.15, 0.2) is 60.7 Å². The summed E-state index contributed by atoms with van der Waals surface area (Å²) in [6.45, 7) is 0. The molecule has 100 valence electrons. The van der Waals surface area contributed by atoms with Crippen molar-refractivity contribution in [3.63, 3.8) is 0 Å². The quantitative estimate of drug-likeness (QED) is 0.563. The maximum atomic E-state index is 11.2. The van der Waals surface area contributed by atoms with Crippen LogP contribution in [0.5, 0.6) is 0 Å². The third kappa shape index (κ3) is 4.15. The van der Waals surface area contributed by atoms with Crippen LogP contribution < -0.4 is 29.6 Å². The molecular weight excluding hydrogens is 287 g/mol. The maximum Gasteiger partial charge on any atom is 1.00 e. The van der Waals surface area contributed by atoms with E-state index >= 15 is 0 Å². The number of aliphatic hydroxyl groups excluding tert-OH is 1. The molecule has 6 heteroatoms. The first kappa shape index (κ1) is 17.4. The molecular formula is C14H14NaO4S+. The summed E-state index contributed by atoms with van der Waals surface area (Å²) < 4.78 is 31.6. The summed E-state index contributed by atoms with van der Waals surface area (Å²) >= 11 is 0. The van der Waals surface area contributed by atoms with Crippen LogP contribution in [0.4, 0.5) is 0 Å². The van der Waals surface area contributed by atoms with Gasteiger partial charge in [0, 0.05) is 0 Å². The van der Waals surface area contributed by atoms with Crippen molar-refractivity contribution in [3.05, 3.63) is 71.8 Å². The molecule has 2 aromatic carbocycles. The van der Waals surface area contributed by atoms with E-state index in [1.54, 1.807) is 60.7 Å². The molecule has 2 N–H and O–H groups in total. The fourth-order valence-electron chi connectivity index (χ4n) is 2.01. The van der Waals surface area contributed by atoms with Crippen LogP contribution in [0.1, 0.15) is 17.0 Å². The average Bonchev–Trinajstić information content (AvgIpc) is 2.40. The van der Waals surface area contributed by atoms with Gasteiger partial charge in [0.15, 0.2) is 5.44 Å². The Bertz CT molecular complexity index is 589. The van der Waals surface area contributed by atoms with Crippen LogP contribution >= 0.6 is 0 Å². The van der Waals surface area contributed by atoms with Crippen molar-refractivity contribution >= 4 is 10.1 Å². The van der Waals surface area contributed by atoms with Gasteiger partial charge >= 0.3 is 29.6 Å². The van der Waals surface area contributed by atoms with Crippen LogP contribution in [-0.2, 0) is 10.1 Å². The summed E-state index contributed by atoms with van der Waals surface area (Å²) in [5.74, 6) is -0.822. The zero-order chi connectivity index (χ0) is 13.9. The first-order chi connectivity index (χ1) is 9.00. The Morgan fingerprint density at radius 3 is 1.45 bits per heavy atom. The van der Waals surface area contributed by atoms with Crippen molar-refractivity contribution in [2.45, 2.75) is 11.4 Å². The molecule has 0 aliphatic heterocycles. The summed E-state index contributed by atoms with van der Waals surface area (Å²) in [7, 11) is -4.54. The molecule has 0 heterocycles. The number of rotatable bonds is 4. The van der Waals surface area contributed by atoms with Gasteiger partial charge in [-0.2, -0.15) is 8.42 Å². The normalized spacial score (nSPS) is 12.8. The van der Waals surface area contributed by atoms with Gasteiger partial charge in [-0.05, 0) is 11.1 Å². The molecule has 0 spiro atoms. The fraction of sp³-hybridized carbons (Fsp3) is 0.143. The number of hydrogen-bond acceptors (Lipinski definition) is 3. The Hall–Kier alpha value is -0.690. The van der Waals surface area contributed by atoms with E-state index < -0.39 is 21.5 Å². The molecule has 0 saturated heterocycles. The largest absolute Gasteiger partial charge is 1.00 e. The van der Waals surface area contributed by atoms with Crippen LogP contribution in [0.3, 0.4) is 0 Å². The molecule has 2 rings (SSSR count). The minimum atomic E-state index is -4.54. The first-order valence-electron chi connectivity index (χ1n) is 5.74. The van der Waals surface area contributed by atoms with Gasteiger partial charge in [0.2, 0.25) is 0 Å². The van der Waals surface area contributed by atoms with Crippen LogP contribution in [0.25, 0.3) is 0 Å². The van der Waals surface area contributed by atoms with Crippen LogP contribution in [0, 0.1) is 0 Å². The Morgan fingerprint density at radius 2 is 1.15 bits per heavy atom. The second-order valence-electron chi connectivity index (χ2n) is 4.20. The van der Waals surface area contributed by atoms with E-state index in [9.17, 15) is 13.5 Å². The average molecular weight is 301 g/mol. The van der Waals surface area contributed by atoms with Gasteiger partial charge < -0.3 is 5.11 Å². The van der Waals surface area contributed by atoms with Crippen molar-refractivity contribution in [1.82, 2.24) is 0 Å². The second-order valence-corrected chi connectivity index (χ2v) is 5.72. The molecule has 0 aliphatic rings. The molecule has 20 heavy (non-hydrogen) atoms. The molecule has 0 saturated carbocycles. The Balaban J connectivity index is 0.00000200. The van der Waals surface area contributed by atoms with Crippen LogP contribution in [0.2, 0.25) is 0 Å². The number of aliphatic hydroxyl groups is 1. The molecule has 0 fully saturated rings. The van der Waals surface area contributed by atoms with Crippen molar-refractivity contribution < 1.29 is 47.6 Å². The van der Waals surface area contributed by atoms with E-state index in [0.717, 1.165) is 0 Å². The van der Waals surface area contributed by atoms with E-state index in [0.29, 0.717) is 11.1 Å². The number of benzene rings is 2. The SMILES string of the molecule is O=S(=O)(O)C(O)C(c1ccccc1)c1ccccc1.[Na+]. The van der Waals surface area contributed by atoms with Gasteiger partial charge in [-0.15, -0.1) is 0 Å². The first-order valence-corrected chi connectivity index (χ1v) is 7.25. The van der Waals surface area contributed by atoms with E-state index in [-0.39, 0.29) is 29.6 Å². The van der Waals surface area contributed by atoms with E-state index in [2.05, 4.69) is 0 Å². The third-order valence-electron chi connectivity index (χ3n) is 2.91. The van der Waals surface area contributed by atoms with Gasteiger partial charge in [-0.1, -0.05) is 60.7 Å². The van der Waals surface area contributed by atoms with Crippen LogP contribution in [-0.4, -0.2) is 23.5 Å². The predicted octanol–water partition coefficient (Wildman–Crippen LogP) is -0.971. The summed E-state index contributed by atoms with van der Waals surface area (Å²) in [4.78, 5) is 0. The molecule has 1 atom stereocenters. The van der Waals surface area contributed by atoms with Gasteiger partial charge in [0.1, 0.15) is 0 Å². The minimum absolute atomic E-state index is 0. The minimum Gasteiger partial charge on any atom is -0.374 e. The summed E-state index contributed by atoms with van der Waals surface area (Å²) in [5.41, 5.74) is -0.644. The molecule has 0 aliphatic carbocycles. The van der Waals surface area contributed by atoms with Crippen molar-refractivity contribution in [1.29, 1.82) is 0 Å². The summed E-state index contributed by atoms with van der Waals surface area (Å²) in [6.07, 6.45) is 0. The van der Waals surface area contributed by atoms with E-state index in [1.165, 1.54) is 0 Å². The standard InChI is InChI=1S/C14H14O4S.Na/c15-14(19(16,17)18)13(11-7-3-1-4-8-11)12-9-5-2-6-10-12;/h1-10,13-15H,(H,16,17,18);/q;+1. The van der Waals surface area contributed by atoms with E-state index in [1.807, 2.05) is 0 Å². The smallest absolute Gasteiger partial charge is 0.374 e. The zero-order valence-electron chi connectivity index (χ0n) is 11.0. The second kappa shape index (κ2) is 7.36. The third-order valence-corrected chi connectivity index (χ3v) is 3.79. The Morgan fingerprint density at radius 1 is 0.800 bits per heavy atom. The fourth-order valence-corrected chi connectivity index (χ4v) is 2.67. The Kier molecular flexibility index (Phi) is 6.39. The molecule has 0 aromatic heterocycles. The summed E-state index contributed by atoms with van der Waals surface area (Å²) in [5, 5.41) is 9.91. The molecule has 2 aromatic rings. The monoisotopic (exact) mass is 301 g/mol. The molecule has 0 bridgehead atoms. The number of hydrogen-bond donors (Lipinski definition) is 2. The predicted molar refractivity (Wildman–Crippen MR) is 72.3 cm³/mol.